The van der Waals surface area contributed by atoms with Crippen LogP contribution in [0.5, 0.6) is 17.2 Å². The third kappa shape index (κ3) is 3.18. The number of anilines is 1. The minimum atomic E-state index is 0.486. The SMILES string of the molecule is COc1cc(N(C)Cc2nnc(C)o2)cc(OC)c1OC. The first-order chi connectivity index (χ1) is 10.1. The molecule has 7 nitrogen and oxygen atoms in total. The second-order valence-corrected chi connectivity index (χ2v) is 4.45. The van der Waals surface area contributed by atoms with E-state index in [0.29, 0.717) is 35.6 Å². The van der Waals surface area contributed by atoms with E-state index in [2.05, 4.69) is 10.2 Å². The number of hydrogen-bond donors (Lipinski definition) is 0. The first kappa shape index (κ1) is 15.0. The standard InChI is InChI=1S/C14H19N3O4/c1-9-15-16-13(21-9)8-17(2)10-6-11(18-3)14(20-5)12(7-10)19-4/h6-7H,8H2,1-5H3. The molecule has 1 heterocycles. The number of aryl methyl sites for hydroxylation is 1. The molecule has 0 bridgehead atoms. The molecule has 7 heteroatoms. The molecule has 0 aliphatic heterocycles. The van der Waals surface area contributed by atoms with Crippen molar-refractivity contribution >= 4 is 5.69 Å². The molecule has 2 rings (SSSR count). The van der Waals surface area contributed by atoms with Crippen molar-refractivity contribution in [1.82, 2.24) is 10.2 Å². The Balaban J connectivity index is 2.30. The Morgan fingerprint density at radius 1 is 1.05 bits per heavy atom. The zero-order chi connectivity index (χ0) is 15.4. The van der Waals surface area contributed by atoms with Crippen molar-refractivity contribution in [1.29, 1.82) is 0 Å². The lowest BCUT2D eigenvalue weighted by molar-refractivity contribution is 0.324. The van der Waals surface area contributed by atoms with Gasteiger partial charge in [0, 0.05) is 31.8 Å². The molecule has 0 saturated carbocycles. The van der Waals surface area contributed by atoms with E-state index in [1.54, 1.807) is 28.3 Å². The molecular formula is C14H19N3O4. The summed E-state index contributed by atoms with van der Waals surface area (Å²) in [6.07, 6.45) is 0. The van der Waals surface area contributed by atoms with Crippen LogP contribution in [0.3, 0.4) is 0 Å². The highest BCUT2D eigenvalue weighted by atomic mass is 16.5. The molecular weight excluding hydrogens is 274 g/mol. The molecule has 2 aromatic rings. The summed E-state index contributed by atoms with van der Waals surface area (Å²) in [5, 5.41) is 7.80. The average molecular weight is 293 g/mol. The maximum Gasteiger partial charge on any atom is 0.235 e. The second-order valence-electron chi connectivity index (χ2n) is 4.45. The van der Waals surface area contributed by atoms with Gasteiger partial charge in [-0.2, -0.15) is 0 Å². The quantitative estimate of drug-likeness (QED) is 0.807. The Hall–Kier alpha value is -2.44. The van der Waals surface area contributed by atoms with Gasteiger partial charge >= 0.3 is 0 Å². The van der Waals surface area contributed by atoms with E-state index in [0.717, 1.165) is 5.69 Å². The molecule has 21 heavy (non-hydrogen) atoms. The van der Waals surface area contributed by atoms with Crippen LogP contribution in [0.4, 0.5) is 5.69 Å². The summed E-state index contributed by atoms with van der Waals surface area (Å²) in [5.41, 5.74) is 0.889. The van der Waals surface area contributed by atoms with Crippen molar-refractivity contribution in [2.45, 2.75) is 13.5 Å². The van der Waals surface area contributed by atoms with Crippen LogP contribution in [0.25, 0.3) is 0 Å². The van der Waals surface area contributed by atoms with Gasteiger partial charge in [-0.15, -0.1) is 10.2 Å². The summed E-state index contributed by atoms with van der Waals surface area (Å²) >= 11 is 0. The minimum absolute atomic E-state index is 0.486. The topological polar surface area (TPSA) is 69.9 Å². The normalized spacial score (nSPS) is 10.3. The van der Waals surface area contributed by atoms with Crippen molar-refractivity contribution in [2.75, 3.05) is 33.3 Å². The Morgan fingerprint density at radius 3 is 2.10 bits per heavy atom. The number of aromatic nitrogens is 2. The molecule has 0 aliphatic rings. The number of ether oxygens (including phenoxy) is 3. The maximum atomic E-state index is 5.38. The molecule has 0 unspecified atom stereocenters. The highest BCUT2D eigenvalue weighted by Gasteiger charge is 2.16. The van der Waals surface area contributed by atoms with E-state index >= 15 is 0 Å². The molecule has 0 atom stereocenters. The second kappa shape index (κ2) is 6.34. The first-order valence-corrected chi connectivity index (χ1v) is 6.39. The number of hydrogen-bond acceptors (Lipinski definition) is 7. The molecule has 0 radical (unpaired) electrons. The van der Waals surface area contributed by atoms with Crippen LogP contribution in [0.2, 0.25) is 0 Å². The molecule has 0 fully saturated rings. The number of methoxy groups -OCH3 is 3. The van der Waals surface area contributed by atoms with E-state index in [4.69, 9.17) is 18.6 Å². The van der Waals surface area contributed by atoms with Gasteiger partial charge in [0.1, 0.15) is 0 Å². The van der Waals surface area contributed by atoms with Crippen molar-refractivity contribution in [3.8, 4) is 17.2 Å². The van der Waals surface area contributed by atoms with Crippen LogP contribution in [0.15, 0.2) is 16.5 Å². The molecule has 0 N–H and O–H groups in total. The summed E-state index contributed by atoms with van der Waals surface area (Å²) in [6, 6.07) is 3.73. The summed E-state index contributed by atoms with van der Waals surface area (Å²) in [6.45, 7) is 2.25. The molecule has 0 aliphatic carbocycles. The van der Waals surface area contributed by atoms with E-state index in [9.17, 15) is 0 Å². The van der Waals surface area contributed by atoms with E-state index in [-0.39, 0.29) is 0 Å². The summed E-state index contributed by atoms with van der Waals surface area (Å²) < 4.78 is 21.4. The molecule has 1 aromatic carbocycles. The highest BCUT2D eigenvalue weighted by molar-refractivity contribution is 5.63. The largest absolute Gasteiger partial charge is 0.493 e. The van der Waals surface area contributed by atoms with E-state index in [1.807, 2.05) is 24.1 Å². The van der Waals surface area contributed by atoms with Crippen LogP contribution < -0.4 is 19.1 Å². The van der Waals surface area contributed by atoms with Gasteiger partial charge in [0.25, 0.3) is 0 Å². The first-order valence-electron chi connectivity index (χ1n) is 6.39. The van der Waals surface area contributed by atoms with E-state index in [1.165, 1.54) is 0 Å². The van der Waals surface area contributed by atoms with Gasteiger partial charge in [0.15, 0.2) is 11.5 Å². The Morgan fingerprint density at radius 2 is 1.67 bits per heavy atom. The van der Waals surface area contributed by atoms with Crippen molar-refractivity contribution in [3.63, 3.8) is 0 Å². The van der Waals surface area contributed by atoms with Gasteiger partial charge in [0.2, 0.25) is 17.5 Å². The van der Waals surface area contributed by atoms with E-state index < -0.39 is 0 Å². The van der Waals surface area contributed by atoms with Gasteiger partial charge in [-0.3, -0.25) is 0 Å². The highest BCUT2D eigenvalue weighted by Crippen LogP contribution is 2.40. The van der Waals surface area contributed by atoms with Crippen LogP contribution in [0, 0.1) is 6.92 Å². The van der Waals surface area contributed by atoms with Crippen LogP contribution in [-0.4, -0.2) is 38.6 Å². The zero-order valence-electron chi connectivity index (χ0n) is 12.8. The van der Waals surface area contributed by atoms with Crippen LogP contribution in [0.1, 0.15) is 11.8 Å². The van der Waals surface area contributed by atoms with Crippen LogP contribution >= 0.6 is 0 Å². The molecule has 0 saturated heterocycles. The van der Waals surface area contributed by atoms with Gasteiger partial charge in [-0.25, -0.2) is 0 Å². The fraction of sp³-hybridized carbons (Fsp3) is 0.429. The number of rotatable bonds is 6. The summed E-state index contributed by atoms with van der Waals surface area (Å²) in [4.78, 5) is 1.96. The van der Waals surface area contributed by atoms with Crippen molar-refractivity contribution < 1.29 is 18.6 Å². The Labute approximate surface area is 123 Å². The lowest BCUT2D eigenvalue weighted by Gasteiger charge is -2.20. The van der Waals surface area contributed by atoms with Crippen LogP contribution in [-0.2, 0) is 6.54 Å². The Bertz CT molecular complexity index is 587. The average Bonchev–Trinajstić information content (AvgIpc) is 2.90. The zero-order valence-corrected chi connectivity index (χ0v) is 12.8. The molecule has 0 spiro atoms. The third-order valence-corrected chi connectivity index (χ3v) is 3.03. The third-order valence-electron chi connectivity index (χ3n) is 3.03. The summed E-state index contributed by atoms with van der Waals surface area (Å²) in [7, 11) is 6.66. The lowest BCUT2D eigenvalue weighted by Crippen LogP contribution is -2.17. The van der Waals surface area contributed by atoms with Gasteiger partial charge in [-0.05, 0) is 0 Å². The van der Waals surface area contributed by atoms with Gasteiger partial charge in [0.05, 0.1) is 27.9 Å². The monoisotopic (exact) mass is 293 g/mol. The number of nitrogens with zero attached hydrogens (tertiary/aromatic N) is 3. The predicted octanol–water partition coefficient (Wildman–Crippen LogP) is 2.04. The Kier molecular flexibility index (Phi) is 4.52. The fourth-order valence-corrected chi connectivity index (χ4v) is 1.98. The molecule has 0 amide bonds. The molecule has 1 aromatic heterocycles. The summed E-state index contributed by atoms with van der Waals surface area (Å²) in [5.74, 6) is 2.85. The maximum absolute atomic E-state index is 5.38. The smallest absolute Gasteiger partial charge is 0.235 e. The fourth-order valence-electron chi connectivity index (χ4n) is 1.98. The number of benzene rings is 1. The lowest BCUT2D eigenvalue weighted by atomic mass is 10.2. The van der Waals surface area contributed by atoms with Gasteiger partial charge < -0.3 is 23.5 Å². The minimum Gasteiger partial charge on any atom is -0.493 e. The molecule has 114 valence electrons. The predicted molar refractivity (Wildman–Crippen MR) is 77.2 cm³/mol. The van der Waals surface area contributed by atoms with Crippen molar-refractivity contribution in [3.05, 3.63) is 23.9 Å². The van der Waals surface area contributed by atoms with Crippen molar-refractivity contribution in [2.24, 2.45) is 0 Å². The van der Waals surface area contributed by atoms with Gasteiger partial charge in [-0.1, -0.05) is 0 Å².